The van der Waals surface area contributed by atoms with Crippen LogP contribution in [0.1, 0.15) is 33.1 Å². The topological polar surface area (TPSA) is 26.3 Å². The molecule has 62 valence electrons. The molecule has 0 N–H and O–H groups in total. The molecule has 0 aromatic carbocycles. The molecular formula is C9H14O2. The van der Waals surface area contributed by atoms with Gasteiger partial charge in [-0.3, -0.25) is 4.79 Å². The van der Waals surface area contributed by atoms with Gasteiger partial charge in [0.05, 0.1) is 0 Å². The minimum Gasteiger partial charge on any atom is -0.432 e. The normalized spacial score (nSPS) is 24.2. The summed E-state index contributed by atoms with van der Waals surface area (Å²) in [5.41, 5.74) is 0. The molecule has 0 amide bonds. The summed E-state index contributed by atoms with van der Waals surface area (Å²) in [7, 11) is 0. The van der Waals surface area contributed by atoms with Gasteiger partial charge in [0.25, 0.3) is 0 Å². The lowest BCUT2D eigenvalue weighted by Crippen LogP contribution is -2.07. The van der Waals surface area contributed by atoms with Gasteiger partial charge in [-0.1, -0.05) is 6.92 Å². The van der Waals surface area contributed by atoms with Crippen LogP contribution in [0.2, 0.25) is 0 Å². The number of hydrogen-bond acceptors (Lipinski definition) is 2. The number of esters is 1. The molecule has 0 fully saturated rings. The SMILES string of the molecule is CC(=O)OC1=CCCC(C)C1. The van der Waals surface area contributed by atoms with E-state index in [1.54, 1.807) is 0 Å². The highest BCUT2D eigenvalue weighted by Gasteiger charge is 2.12. The van der Waals surface area contributed by atoms with Gasteiger partial charge in [0.2, 0.25) is 0 Å². The van der Waals surface area contributed by atoms with Crippen molar-refractivity contribution in [3.63, 3.8) is 0 Å². The second-order valence-corrected chi connectivity index (χ2v) is 3.15. The summed E-state index contributed by atoms with van der Waals surface area (Å²) in [6.45, 7) is 3.62. The van der Waals surface area contributed by atoms with Crippen molar-refractivity contribution in [2.24, 2.45) is 5.92 Å². The van der Waals surface area contributed by atoms with Crippen LogP contribution in [-0.2, 0) is 9.53 Å². The Labute approximate surface area is 67.2 Å². The van der Waals surface area contributed by atoms with Gasteiger partial charge in [0, 0.05) is 13.3 Å². The first kappa shape index (κ1) is 8.31. The van der Waals surface area contributed by atoms with Crippen LogP contribution in [0.25, 0.3) is 0 Å². The first-order valence-electron chi connectivity index (χ1n) is 4.06. The Bertz CT molecular complexity index is 182. The van der Waals surface area contributed by atoms with Gasteiger partial charge in [0.15, 0.2) is 0 Å². The van der Waals surface area contributed by atoms with E-state index in [2.05, 4.69) is 6.92 Å². The highest BCUT2D eigenvalue weighted by Crippen LogP contribution is 2.23. The molecule has 1 aliphatic rings. The molecule has 0 aliphatic heterocycles. The lowest BCUT2D eigenvalue weighted by Gasteiger charge is -2.17. The van der Waals surface area contributed by atoms with E-state index < -0.39 is 0 Å². The van der Waals surface area contributed by atoms with Crippen LogP contribution in [-0.4, -0.2) is 5.97 Å². The lowest BCUT2D eigenvalue weighted by atomic mass is 9.95. The standard InChI is InChI=1S/C9H14O2/c1-7-4-3-5-9(6-7)11-8(2)10/h5,7H,3-4,6H2,1-2H3. The molecular weight excluding hydrogens is 140 g/mol. The molecule has 2 heteroatoms. The Morgan fingerprint density at radius 1 is 1.73 bits per heavy atom. The second-order valence-electron chi connectivity index (χ2n) is 3.15. The molecule has 0 saturated carbocycles. The van der Waals surface area contributed by atoms with Crippen LogP contribution in [0.3, 0.4) is 0 Å². The third-order valence-corrected chi connectivity index (χ3v) is 1.86. The summed E-state index contributed by atoms with van der Waals surface area (Å²) in [5.74, 6) is 1.32. The van der Waals surface area contributed by atoms with E-state index in [1.807, 2.05) is 6.08 Å². The molecule has 1 unspecified atom stereocenters. The molecule has 0 aromatic heterocycles. The Morgan fingerprint density at radius 3 is 3.00 bits per heavy atom. The fraction of sp³-hybridized carbons (Fsp3) is 0.667. The molecule has 0 radical (unpaired) electrons. The molecule has 0 heterocycles. The van der Waals surface area contributed by atoms with E-state index in [-0.39, 0.29) is 5.97 Å². The van der Waals surface area contributed by atoms with Crippen LogP contribution in [0.5, 0.6) is 0 Å². The molecule has 0 aromatic rings. The molecule has 11 heavy (non-hydrogen) atoms. The van der Waals surface area contributed by atoms with Crippen molar-refractivity contribution in [1.82, 2.24) is 0 Å². The van der Waals surface area contributed by atoms with Crippen molar-refractivity contribution in [3.8, 4) is 0 Å². The van der Waals surface area contributed by atoms with Crippen molar-refractivity contribution >= 4 is 5.97 Å². The third-order valence-electron chi connectivity index (χ3n) is 1.86. The van der Waals surface area contributed by atoms with E-state index in [0.29, 0.717) is 5.92 Å². The van der Waals surface area contributed by atoms with Crippen molar-refractivity contribution in [2.75, 3.05) is 0 Å². The Kier molecular flexibility index (Phi) is 2.69. The number of allylic oxidation sites excluding steroid dienone is 2. The number of rotatable bonds is 1. The Morgan fingerprint density at radius 2 is 2.45 bits per heavy atom. The molecule has 1 rings (SSSR count). The zero-order chi connectivity index (χ0) is 8.27. The van der Waals surface area contributed by atoms with E-state index >= 15 is 0 Å². The number of ether oxygens (including phenoxy) is 1. The van der Waals surface area contributed by atoms with E-state index in [0.717, 1.165) is 18.6 Å². The second kappa shape index (κ2) is 3.56. The van der Waals surface area contributed by atoms with Gasteiger partial charge in [-0.05, 0) is 24.8 Å². The van der Waals surface area contributed by atoms with Crippen LogP contribution >= 0.6 is 0 Å². The van der Waals surface area contributed by atoms with Crippen molar-refractivity contribution in [1.29, 1.82) is 0 Å². The van der Waals surface area contributed by atoms with E-state index in [1.165, 1.54) is 13.3 Å². The highest BCUT2D eigenvalue weighted by atomic mass is 16.5. The predicted octanol–water partition coefficient (Wildman–Crippen LogP) is 2.25. The number of carbonyl (C=O) groups excluding carboxylic acids is 1. The number of carbonyl (C=O) groups is 1. The van der Waals surface area contributed by atoms with Gasteiger partial charge in [0.1, 0.15) is 5.76 Å². The molecule has 0 spiro atoms. The van der Waals surface area contributed by atoms with Gasteiger partial charge < -0.3 is 4.74 Å². The smallest absolute Gasteiger partial charge is 0.307 e. The molecule has 2 nitrogen and oxygen atoms in total. The first-order valence-corrected chi connectivity index (χ1v) is 4.06. The average molecular weight is 154 g/mol. The minimum absolute atomic E-state index is 0.203. The number of hydrogen-bond donors (Lipinski definition) is 0. The first-order chi connectivity index (χ1) is 5.18. The van der Waals surface area contributed by atoms with Gasteiger partial charge in [-0.25, -0.2) is 0 Å². The van der Waals surface area contributed by atoms with Gasteiger partial charge >= 0.3 is 5.97 Å². The summed E-state index contributed by atoms with van der Waals surface area (Å²) in [4.78, 5) is 10.6. The van der Waals surface area contributed by atoms with Gasteiger partial charge in [-0.2, -0.15) is 0 Å². The lowest BCUT2D eigenvalue weighted by molar-refractivity contribution is -0.137. The van der Waals surface area contributed by atoms with Crippen molar-refractivity contribution in [2.45, 2.75) is 33.1 Å². The van der Waals surface area contributed by atoms with Crippen LogP contribution < -0.4 is 0 Å². The van der Waals surface area contributed by atoms with E-state index in [4.69, 9.17) is 4.74 Å². The van der Waals surface area contributed by atoms with Crippen LogP contribution in [0, 0.1) is 5.92 Å². The zero-order valence-electron chi connectivity index (χ0n) is 7.09. The maximum Gasteiger partial charge on any atom is 0.307 e. The van der Waals surface area contributed by atoms with E-state index in [9.17, 15) is 4.79 Å². The average Bonchev–Trinajstić information content (AvgIpc) is 1.85. The molecule has 0 bridgehead atoms. The summed E-state index contributed by atoms with van der Waals surface area (Å²) in [6, 6.07) is 0. The summed E-state index contributed by atoms with van der Waals surface area (Å²) in [5, 5.41) is 0. The molecule has 0 saturated heterocycles. The van der Waals surface area contributed by atoms with Gasteiger partial charge in [-0.15, -0.1) is 0 Å². The fourth-order valence-corrected chi connectivity index (χ4v) is 1.33. The summed E-state index contributed by atoms with van der Waals surface area (Å²) >= 11 is 0. The maximum absolute atomic E-state index is 10.6. The fourth-order valence-electron chi connectivity index (χ4n) is 1.33. The van der Waals surface area contributed by atoms with Crippen LogP contribution in [0.4, 0.5) is 0 Å². The van der Waals surface area contributed by atoms with Crippen molar-refractivity contribution in [3.05, 3.63) is 11.8 Å². The minimum atomic E-state index is -0.203. The Balaban J connectivity index is 2.44. The summed E-state index contributed by atoms with van der Waals surface area (Å²) in [6.07, 6.45) is 5.19. The Hall–Kier alpha value is -0.790. The zero-order valence-corrected chi connectivity index (χ0v) is 7.09. The van der Waals surface area contributed by atoms with Crippen LogP contribution in [0.15, 0.2) is 11.8 Å². The largest absolute Gasteiger partial charge is 0.432 e. The maximum atomic E-state index is 10.6. The molecule has 1 aliphatic carbocycles. The highest BCUT2D eigenvalue weighted by molar-refractivity contribution is 5.67. The van der Waals surface area contributed by atoms with Crippen molar-refractivity contribution < 1.29 is 9.53 Å². The quantitative estimate of drug-likeness (QED) is 0.541. The molecule has 1 atom stereocenters. The summed E-state index contributed by atoms with van der Waals surface area (Å²) < 4.78 is 4.98. The monoisotopic (exact) mass is 154 g/mol. The third kappa shape index (κ3) is 2.74. The predicted molar refractivity (Wildman–Crippen MR) is 42.9 cm³/mol.